The van der Waals surface area contributed by atoms with Crippen molar-refractivity contribution in [2.75, 3.05) is 25.5 Å². The van der Waals surface area contributed by atoms with E-state index in [1.807, 2.05) is 18.2 Å². The second-order valence-corrected chi connectivity index (χ2v) is 7.84. The van der Waals surface area contributed by atoms with Gasteiger partial charge in [0, 0.05) is 23.6 Å². The molecule has 6 nitrogen and oxygen atoms in total. The Balaban J connectivity index is 1.36. The second-order valence-electron chi connectivity index (χ2n) is 5.96. The third kappa shape index (κ3) is 4.28. The topological polar surface area (TPSA) is 76.2 Å². The van der Waals surface area contributed by atoms with Gasteiger partial charge in [0.05, 0.1) is 17.5 Å². The fraction of sp³-hybridized carbons (Fsp3) is 0.263. The van der Waals surface area contributed by atoms with Crippen LogP contribution in [0, 0.1) is 0 Å². The lowest BCUT2D eigenvalue weighted by atomic mass is 10.1. The quantitative estimate of drug-likeness (QED) is 0.592. The Labute approximate surface area is 165 Å². The number of carbonyl (C=O) groups is 1. The fourth-order valence-electron chi connectivity index (χ4n) is 2.77. The maximum Gasteiger partial charge on any atom is 0.255 e. The van der Waals surface area contributed by atoms with Crippen molar-refractivity contribution in [1.29, 1.82) is 0 Å². The van der Waals surface area contributed by atoms with Crippen molar-refractivity contribution in [2.24, 2.45) is 0 Å². The molecular weight excluding hydrogens is 382 g/mol. The van der Waals surface area contributed by atoms with Gasteiger partial charge in [-0.25, -0.2) is 0 Å². The minimum absolute atomic E-state index is 0.134. The maximum atomic E-state index is 12.5. The van der Waals surface area contributed by atoms with Gasteiger partial charge >= 0.3 is 0 Å². The SMILES string of the molecule is O=C(NCCSCc1ccsc1)c1cn[nH]c1-c1ccc2c(c1)OCCO2. The third-order valence-corrected chi connectivity index (χ3v) is 5.86. The average molecular weight is 402 g/mol. The lowest BCUT2D eigenvalue weighted by Crippen LogP contribution is -2.25. The van der Waals surface area contributed by atoms with Crippen molar-refractivity contribution in [3.05, 3.63) is 52.3 Å². The van der Waals surface area contributed by atoms with Crippen molar-refractivity contribution in [3.63, 3.8) is 0 Å². The summed E-state index contributed by atoms with van der Waals surface area (Å²) in [5.41, 5.74) is 3.37. The number of fused-ring (bicyclic) bond motifs is 1. The highest BCUT2D eigenvalue weighted by atomic mass is 32.2. The van der Waals surface area contributed by atoms with E-state index in [0.29, 0.717) is 36.8 Å². The minimum atomic E-state index is -0.134. The number of hydrogen-bond donors (Lipinski definition) is 2. The number of thioether (sulfide) groups is 1. The second kappa shape index (κ2) is 8.49. The van der Waals surface area contributed by atoms with Crippen molar-refractivity contribution in [1.82, 2.24) is 15.5 Å². The van der Waals surface area contributed by atoms with E-state index in [-0.39, 0.29) is 5.91 Å². The Morgan fingerprint density at radius 2 is 2.15 bits per heavy atom. The van der Waals surface area contributed by atoms with E-state index in [1.54, 1.807) is 29.3 Å². The smallest absolute Gasteiger partial charge is 0.255 e. The summed E-state index contributed by atoms with van der Waals surface area (Å²) in [6.45, 7) is 1.68. The molecule has 3 aromatic rings. The molecule has 1 amide bonds. The van der Waals surface area contributed by atoms with Crippen LogP contribution < -0.4 is 14.8 Å². The zero-order valence-corrected chi connectivity index (χ0v) is 16.2. The van der Waals surface area contributed by atoms with Crippen LogP contribution in [0.5, 0.6) is 11.5 Å². The first-order valence-electron chi connectivity index (χ1n) is 8.61. The van der Waals surface area contributed by atoms with Gasteiger partial charge in [-0.2, -0.15) is 28.2 Å². The molecule has 0 saturated carbocycles. The first-order chi connectivity index (χ1) is 13.3. The number of benzene rings is 1. The normalized spacial score (nSPS) is 12.7. The number of nitrogens with zero attached hydrogens (tertiary/aromatic N) is 1. The molecule has 140 valence electrons. The lowest BCUT2D eigenvalue weighted by molar-refractivity contribution is 0.0957. The van der Waals surface area contributed by atoms with E-state index in [4.69, 9.17) is 9.47 Å². The third-order valence-electron chi connectivity index (χ3n) is 4.10. The van der Waals surface area contributed by atoms with Gasteiger partial charge in [0.2, 0.25) is 0 Å². The van der Waals surface area contributed by atoms with Crippen molar-refractivity contribution in [2.45, 2.75) is 5.75 Å². The molecule has 0 saturated heterocycles. The number of carbonyl (C=O) groups excluding carboxylic acids is 1. The number of amides is 1. The number of thiophene rings is 1. The largest absolute Gasteiger partial charge is 0.486 e. The van der Waals surface area contributed by atoms with Crippen LogP contribution in [-0.2, 0) is 5.75 Å². The van der Waals surface area contributed by atoms with Crippen LogP contribution in [-0.4, -0.2) is 41.6 Å². The highest BCUT2D eigenvalue weighted by Crippen LogP contribution is 2.34. The summed E-state index contributed by atoms with van der Waals surface area (Å²) in [4.78, 5) is 12.5. The molecule has 0 fully saturated rings. The zero-order valence-electron chi connectivity index (χ0n) is 14.6. The Morgan fingerprint density at radius 1 is 1.26 bits per heavy atom. The van der Waals surface area contributed by atoms with E-state index in [1.165, 1.54) is 5.56 Å². The van der Waals surface area contributed by atoms with Crippen LogP contribution in [0.1, 0.15) is 15.9 Å². The van der Waals surface area contributed by atoms with Crippen LogP contribution >= 0.6 is 23.1 Å². The Morgan fingerprint density at radius 3 is 3.00 bits per heavy atom. The zero-order chi connectivity index (χ0) is 18.5. The summed E-state index contributed by atoms with van der Waals surface area (Å²) >= 11 is 3.51. The average Bonchev–Trinajstić information content (AvgIpc) is 3.39. The lowest BCUT2D eigenvalue weighted by Gasteiger charge is -2.18. The van der Waals surface area contributed by atoms with E-state index in [9.17, 15) is 4.79 Å². The maximum absolute atomic E-state index is 12.5. The predicted molar refractivity (Wildman–Crippen MR) is 108 cm³/mol. The van der Waals surface area contributed by atoms with E-state index in [0.717, 1.165) is 22.8 Å². The van der Waals surface area contributed by atoms with E-state index < -0.39 is 0 Å². The number of rotatable bonds is 7. The molecule has 0 atom stereocenters. The summed E-state index contributed by atoms with van der Waals surface area (Å²) in [6.07, 6.45) is 1.56. The molecule has 2 N–H and O–H groups in total. The molecule has 3 heterocycles. The standard InChI is InChI=1S/C19H19N3O3S2/c23-19(20-4-8-27-12-13-3-7-26-11-13)15-10-21-22-18(15)14-1-2-16-17(9-14)25-6-5-24-16/h1-3,7,9-11H,4-6,8,12H2,(H,20,23)(H,21,22). The van der Waals surface area contributed by atoms with Crippen LogP contribution in [0.3, 0.4) is 0 Å². The predicted octanol–water partition coefficient (Wildman–Crippen LogP) is 3.57. The Kier molecular flexibility index (Phi) is 5.64. The number of H-pyrrole nitrogens is 1. The van der Waals surface area contributed by atoms with Crippen LogP contribution in [0.15, 0.2) is 41.2 Å². The molecule has 0 aliphatic carbocycles. The van der Waals surface area contributed by atoms with Crippen LogP contribution in [0.2, 0.25) is 0 Å². The molecule has 27 heavy (non-hydrogen) atoms. The molecule has 0 radical (unpaired) electrons. The van der Waals surface area contributed by atoms with Gasteiger partial charge < -0.3 is 14.8 Å². The minimum Gasteiger partial charge on any atom is -0.486 e. The Bertz CT molecular complexity index is 909. The molecule has 0 unspecified atom stereocenters. The van der Waals surface area contributed by atoms with E-state index in [2.05, 4.69) is 32.3 Å². The molecule has 8 heteroatoms. The summed E-state index contributed by atoms with van der Waals surface area (Å²) in [6, 6.07) is 7.75. The van der Waals surface area contributed by atoms with Crippen LogP contribution in [0.25, 0.3) is 11.3 Å². The summed E-state index contributed by atoms with van der Waals surface area (Å²) in [5.74, 6) is 3.10. The number of ether oxygens (including phenoxy) is 2. The van der Waals surface area contributed by atoms with Gasteiger partial charge in [-0.15, -0.1) is 0 Å². The number of aromatic nitrogens is 2. The first kappa shape index (κ1) is 17.9. The molecule has 0 bridgehead atoms. The van der Waals surface area contributed by atoms with Gasteiger partial charge in [-0.3, -0.25) is 9.89 Å². The molecule has 0 spiro atoms. The monoisotopic (exact) mass is 401 g/mol. The molecule has 2 aromatic heterocycles. The van der Waals surface area contributed by atoms with Gasteiger partial charge in [0.25, 0.3) is 5.91 Å². The highest BCUT2D eigenvalue weighted by molar-refractivity contribution is 7.98. The Hall–Kier alpha value is -2.45. The van der Waals surface area contributed by atoms with Gasteiger partial charge in [0.15, 0.2) is 11.5 Å². The van der Waals surface area contributed by atoms with Gasteiger partial charge in [-0.05, 0) is 40.6 Å². The van der Waals surface area contributed by atoms with Crippen LogP contribution in [0.4, 0.5) is 0 Å². The molecular formula is C19H19N3O3S2. The molecule has 1 aliphatic heterocycles. The number of hydrogen-bond acceptors (Lipinski definition) is 6. The van der Waals surface area contributed by atoms with Crippen molar-refractivity contribution in [3.8, 4) is 22.8 Å². The highest BCUT2D eigenvalue weighted by Gasteiger charge is 2.18. The summed E-state index contributed by atoms with van der Waals surface area (Å²) in [7, 11) is 0. The number of nitrogens with one attached hydrogen (secondary N) is 2. The van der Waals surface area contributed by atoms with E-state index >= 15 is 0 Å². The molecule has 1 aromatic carbocycles. The molecule has 1 aliphatic rings. The summed E-state index contributed by atoms with van der Waals surface area (Å²) < 4.78 is 11.2. The van der Waals surface area contributed by atoms with Crippen molar-refractivity contribution >= 4 is 29.0 Å². The first-order valence-corrected chi connectivity index (χ1v) is 10.7. The van der Waals surface area contributed by atoms with Gasteiger partial charge in [0.1, 0.15) is 13.2 Å². The summed E-state index contributed by atoms with van der Waals surface area (Å²) in [5, 5.41) is 14.2. The van der Waals surface area contributed by atoms with Crippen molar-refractivity contribution < 1.29 is 14.3 Å². The molecule has 4 rings (SSSR count). The fourth-order valence-corrected chi connectivity index (χ4v) is 4.35. The van der Waals surface area contributed by atoms with Gasteiger partial charge in [-0.1, -0.05) is 0 Å². The number of aromatic amines is 1.